The van der Waals surface area contributed by atoms with Crippen LogP contribution in [0, 0.1) is 11.8 Å². The zero-order valence-electron chi connectivity index (χ0n) is 24.2. The van der Waals surface area contributed by atoms with Gasteiger partial charge in [-0.2, -0.15) is 5.06 Å². The lowest BCUT2D eigenvalue weighted by Gasteiger charge is -2.36. The second kappa shape index (κ2) is 12.9. The Balaban J connectivity index is 1.05. The molecule has 6 rings (SSSR count). The summed E-state index contributed by atoms with van der Waals surface area (Å²) in [6.07, 6.45) is 4.55. The number of amides is 2. The van der Waals surface area contributed by atoms with Gasteiger partial charge in [0, 0.05) is 54.5 Å². The van der Waals surface area contributed by atoms with Gasteiger partial charge in [0.25, 0.3) is 0 Å². The van der Waals surface area contributed by atoms with Gasteiger partial charge in [-0.25, -0.2) is 14.8 Å². The number of carbonyl (C=O) groups is 1. The minimum Gasteiger partial charge on any atom is -0.372 e. The third-order valence-electron chi connectivity index (χ3n) is 7.31. The Morgan fingerprint density at radius 2 is 1.58 bits per heavy atom. The second-order valence-corrected chi connectivity index (χ2v) is 10.8. The highest BCUT2D eigenvalue weighted by Gasteiger charge is 2.31. The van der Waals surface area contributed by atoms with Crippen molar-refractivity contribution in [2.45, 2.75) is 38.5 Å². The summed E-state index contributed by atoms with van der Waals surface area (Å²) in [6.45, 7) is 6.46. The first-order chi connectivity index (χ1) is 21.0. The molecule has 0 unspecified atom stereocenters. The summed E-state index contributed by atoms with van der Waals surface area (Å²) < 4.78 is 5.84. The third-order valence-corrected chi connectivity index (χ3v) is 7.31. The fourth-order valence-electron chi connectivity index (χ4n) is 5.38. The van der Waals surface area contributed by atoms with Gasteiger partial charge >= 0.3 is 6.03 Å². The summed E-state index contributed by atoms with van der Waals surface area (Å²) in [7, 11) is 0. The van der Waals surface area contributed by atoms with Gasteiger partial charge in [-0.05, 0) is 61.9 Å². The molecule has 4 aromatic rings. The molecule has 2 aliphatic rings. The lowest BCUT2D eigenvalue weighted by atomic mass is 10.1. The van der Waals surface area contributed by atoms with Crippen LogP contribution in [-0.4, -0.2) is 53.0 Å². The van der Waals surface area contributed by atoms with E-state index in [1.165, 1.54) is 10.8 Å². The molecule has 0 spiro atoms. The maximum absolute atomic E-state index is 13.0. The van der Waals surface area contributed by atoms with Gasteiger partial charge in [0.05, 0.1) is 30.4 Å². The fourth-order valence-corrected chi connectivity index (χ4v) is 5.38. The van der Waals surface area contributed by atoms with E-state index in [4.69, 9.17) is 9.57 Å². The number of rotatable bonds is 5. The molecular weight excluding hydrogens is 540 g/mol. The number of nitrogens with zero attached hydrogens (tertiary/aromatic N) is 4. The van der Waals surface area contributed by atoms with Crippen molar-refractivity contribution in [3.63, 3.8) is 0 Å². The molecule has 0 radical (unpaired) electrons. The number of urea groups is 1. The number of carbonyl (C=O) groups excluding carboxylic acids is 1. The second-order valence-electron chi connectivity index (χ2n) is 10.8. The van der Waals surface area contributed by atoms with Crippen LogP contribution in [0.3, 0.4) is 0 Å². The number of benzene rings is 3. The van der Waals surface area contributed by atoms with Crippen molar-refractivity contribution in [3.05, 3.63) is 108 Å². The Labute approximate surface area is 251 Å². The lowest BCUT2D eigenvalue weighted by molar-refractivity contribution is -0.0829. The quantitative estimate of drug-likeness (QED) is 0.277. The average molecular weight is 575 g/mol. The summed E-state index contributed by atoms with van der Waals surface area (Å²) in [5.74, 6) is 6.73. The zero-order chi connectivity index (χ0) is 29.6. The van der Waals surface area contributed by atoms with Crippen LogP contribution in [0.1, 0.15) is 43.0 Å². The molecule has 43 heavy (non-hydrogen) atoms. The first-order valence-electron chi connectivity index (χ1n) is 14.5. The molecule has 0 saturated carbocycles. The monoisotopic (exact) mass is 574 g/mol. The summed E-state index contributed by atoms with van der Waals surface area (Å²) in [6, 6.07) is 25.1. The van der Waals surface area contributed by atoms with Gasteiger partial charge < -0.3 is 20.3 Å². The van der Waals surface area contributed by atoms with Crippen LogP contribution in [0.15, 0.2) is 91.3 Å². The van der Waals surface area contributed by atoms with Crippen LogP contribution in [0.2, 0.25) is 0 Å². The smallest absolute Gasteiger partial charge is 0.346 e. The van der Waals surface area contributed by atoms with Crippen LogP contribution in [-0.2, 0) is 9.57 Å². The molecular formula is C34H34N6O3. The fraction of sp³-hybridized carbons (Fsp3) is 0.265. The number of nitrogens with one attached hydrogen (secondary N) is 2. The molecule has 2 amide bonds. The number of morpholine rings is 1. The predicted molar refractivity (Wildman–Crippen MR) is 167 cm³/mol. The number of hydroxylamine groups is 2. The van der Waals surface area contributed by atoms with Gasteiger partial charge in [0.2, 0.25) is 5.95 Å². The Kier molecular flexibility index (Phi) is 8.50. The van der Waals surface area contributed by atoms with Gasteiger partial charge in [-0.1, -0.05) is 48.2 Å². The molecule has 2 N–H and O–H groups in total. The highest BCUT2D eigenvalue weighted by Crippen LogP contribution is 2.30. The Morgan fingerprint density at radius 3 is 2.33 bits per heavy atom. The summed E-state index contributed by atoms with van der Waals surface area (Å²) in [5, 5.41) is 7.60. The predicted octanol–water partition coefficient (Wildman–Crippen LogP) is 6.14. The molecule has 218 valence electrons. The topological polar surface area (TPSA) is 91.9 Å². The molecule has 0 bridgehead atoms. The largest absolute Gasteiger partial charge is 0.372 e. The van der Waals surface area contributed by atoms with E-state index < -0.39 is 0 Å². The average Bonchev–Trinajstić information content (AvgIpc) is 3.52. The number of anilines is 4. The summed E-state index contributed by atoms with van der Waals surface area (Å²) in [5.41, 5.74) is 5.20. The highest BCUT2D eigenvalue weighted by atomic mass is 16.7. The maximum atomic E-state index is 13.0. The first kappa shape index (κ1) is 28.2. The maximum Gasteiger partial charge on any atom is 0.346 e. The van der Waals surface area contributed by atoms with E-state index in [-0.39, 0.29) is 24.3 Å². The van der Waals surface area contributed by atoms with Crippen LogP contribution in [0.5, 0.6) is 0 Å². The minimum atomic E-state index is -0.312. The van der Waals surface area contributed by atoms with Gasteiger partial charge in [-0.3, -0.25) is 4.84 Å². The van der Waals surface area contributed by atoms with Crippen molar-refractivity contribution in [2.75, 3.05) is 35.2 Å². The van der Waals surface area contributed by atoms with Crippen LogP contribution in [0.4, 0.5) is 27.8 Å². The molecule has 9 heteroatoms. The van der Waals surface area contributed by atoms with Gasteiger partial charge in [0.1, 0.15) is 0 Å². The van der Waals surface area contributed by atoms with E-state index in [2.05, 4.69) is 63.3 Å². The van der Waals surface area contributed by atoms with E-state index >= 15 is 0 Å². The van der Waals surface area contributed by atoms with E-state index in [0.717, 1.165) is 36.3 Å². The molecule has 2 aliphatic heterocycles. The van der Waals surface area contributed by atoms with E-state index in [1.54, 1.807) is 12.4 Å². The molecule has 2 saturated heterocycles. The molecule has 3 atom stereocenters. The lowest BCUT2D eigenvalue weighted by Crippen LogP contribution is -2.45. The Bertz CT molecular complexity index is 1590. The van der Waals surface area contributed by atoms with Crippen molar-refractivity contribution >= 4 is 29.0 Å². The minimum absolute atomic E-state index is 0.121. The van der Waals surface area contributed by atoms with Gasteiger partial charge in [0.15, 0.2) is 0 Å². The molecule has 3 heterocycles. The first-order valence-corrected chi connectivity index (χ1v) is 14.5. The number of hydrogen-bond donors (Lipinski definition) is 2. The normalized spacial score (nSPS) is 19.8. The number of hydrogen-bond acceptors (Lipinski definition) is 7. The molecule has 1 aromatic heterocycles. The van der Waals surface area contributed by atoms with Gasteiger partial charge in [-0.15, -0.1) is 0 Å². The SMILES string of the molecule is C[C@@H]1CN(c2ccc(Nc3ncc(C#Cc4cccc(NC(=O)N5OCC[C@H]5c5ccccc5)c4)cn3)cc2)C[C@H](C)O1. The standard InChI is InChI=1S/C34H34N6O3/c1-24-22-39(23-25(2)43-24)31-15-13-29(14-16-31)37-33-35-20-27(21-36-33)12-11-26-7-6-10-30(19-26)38-34(41)40-32(17-18-42-40)28-8-4-3-5-9-28/h3-10,13-16,19-21,24-25,32H,17-18,22-23H2,1-2H3,(H,38,41)(H,35,36,37)/t24-,25+,32-/m0/s1. The van der Waals surface area contributed by atoms with Crippen LogP contribution in [0.25, 0.3) is 0 Å². The van der Waals surface area contributed by atoms with Crippen molar-refractivity contribution in [1.82, 2.24) is 15.0 Å². The van der Waals surface area contributed by atoms with Crippen LogP contribution < -0.4 is 15.5 Å². The van der Waals surface area contributed by atoms with Crippen molar-refractivity contribution in [3.8, 4) is 11.8 Å². The summed E-state index contributed by atoms with van der Waals surface area (Å²) in [4.78, 5) is 29.8. The number of aromatic nitrogens is 2. The van der Waals surface area contributed by atoms with E-state index in [0.29, 0.717) is 23.8 Å². The molecule has 2 fully saturated rings. The molecule has 9 nitrogen and oxygen atoms in total. The highest BCUT2D eigenvalue weighted by molar-refractivity contribution is 5.89. The van der Waals surface area contributed by atoms with E-state index in [1.807, 2.05) is 66.7 Å². The van der Waals surface area contributed by atoms with E-state index in [9.17, 15) is 4.79 Å². The molecule has 3 aromatic carbocycles. The molecule has 0 aliphatic carbocycles. The van der Waals surface area contributed by atoms with Crippen LogP contribution >= 0.6 is 0 Å². The van der Waals surface area contributed by atoms with Crippen molar-refractivity contribution in [2.24, 2.45) is 0 Å². The summed E-state index contributed by atoms with van der Waals surface area (Å²) >= 11 is 0. The van der Waals surface area contributed by atoms with Crippen molar-refractivity contribution < 1.29 is 14.4 Å². The zero-order valence-corrected chi connectivity index (χ0v) is 24.2. The Hall–Kier alpha value is -4.91. The van der Waals surface area contributed by atoms with Crippen molar-refractivity contribution in [1.29, 1.82) is 0 Å². The third kappa shape index (κ3) is 7.12. The Morgan fingerprint density at radius 1 is 0.860 bits per heavy atom. The number of ether oxygens (including phenoxy) is 1.